The van der Waals surface area contributed by atoms with Gasteiger partial charge in [-0.1, -0.05) is 18.2 Å². The van der Waals surface area contributed by atoms with E-state index >= 15 is 0 Å². The van der Waals surface area contributed by atoms with E-state index in [1.54, 1.807) is 6.08 Å². The first-order chi connectivity index (χ1) is 9.45. The number of aliphatic hydroxyl groups excluding tert-OH is 2. The minimum Gasteiger partial charge on any atom is -0.454 e. The van der Waals surface area contributed by atoms with Gasteiger partial charge < -0.3 is 19.7 Å². The van der Waals surface area contributed by atoms with Crippen LogP contribution in [0.3, 0.4) is 0 Å². The number of esters is 1. The third-order valence-electron chi connectivity index (χ3n) is 4.12. The van der Waals surface area contributed by atoms with E-state index in [4.69, 9.17) is 9.47 Å². The molecule has 0 aromatic rings. The van der Waals surface area contributed by atoms with Crippen LogP contribution in [0.25, 0.3) is 0 Å². The van der Waals surface area contributed by atoms with Gasteiger partial charge in [0.1, 0.15) is 6.10 Å². The number of fused-ring (bicyclic) bond motifs is 2. The Labute approximate surface area is 117 Å². The lowest BCUT2D eigenvalue weighted by atomic mass is 9.85. The maximum atomic E-state index is 11.8. The van der Waals surface area contributed by atoms with Crippen molar-refractivity contribution in [3.63, 3.8) is 0 Å². The fourth-order valence-corrected chi connectivity index (χ4v) is 3.14. The van der Waals surface area contributed by atoms with Crippen LogP contribution in [-0.4, -0.2) is 40.8 Å². The van der Waals surface area contributed by atoms with Crippen molar-refractivity contribution in [2.24, 2.45) is 5.92 Å². The van der Waals surface area contributed by atoms with Crippen LogP contribution in [0.5, 0.6) is 0 Å². The number of rotatable bonds is 0. The highest BCUT2D eigenvalue weighted by molar-refractivity contribution is 5.91. The summed E-state index contributed by atoms with van der Waals surface area (Å²) in [6.07, 6.45) is 1.82. The van der Waals surface area contributed by atoms with Crippen molar-refractivity contribution in [1.29, 1.82) is 0 Å². The second-order valence-electron chi connectivity index (χ2n) is 5.68. The van der Waals surface area contributed by atoms with Gasteiger partial charge >= 0.3 is 5.97 Å². The Bertz CT molecular complexity index is 518. The Morgan fingerprint density at radius 1 is 1.30 bits per heavy atom. The molecule has 0 radical (unpaired) electrons. The molecule has 0 spiro atoms. The zero-order valence-electron chi connectivity index (χ0n) is 11.3. The molecule has 20 heavy (non-hydrogen) atoms. The third-order valence-corrected chi connectivity index (χ3v) is 4.12. The number of ether oxygens (including phenoxy) is 2. The summed E-state index contributed by atoms with van der Waals surface area (Å²) in [5, 5.41) is 20.1. The Balaban J connectivity index is 1.97. The van der Waals surface area contributed by atoms with E-state index < -0.39 is 24.4 Å². The van der Waals surface area contributed by atoms with Crippen LogP contribution in [0, 0.1) is 5.92 Å². The molecule has 1 unspecified atom stereocenters. The first-order valence-corrected chi connectivity index (χ1v) is 6.75. The summed E-state index contributed by atoms with van der Waals surface area (Å²) in [7, 11) is 0. The van der Waals surface area contributed by atoms with Gasteiger partial charge in [-0.3, -0.25) is 0 Å². The second-order valence-corrected chi connectivity index (χ2v) is 5.68. The fraction of sp³-hybridized carbons (Fsp3) is 0.533. The first-order valence-electron chi connectivity index (χ1n) is 6.75. The lowest BCUT2D eigenvalue weighted by molar-refractivity contribution is -0.140. The summed E-state index contributed by atoms with van der Waals surface area (Å²) in [5.74, 6) is -0.751. The van der Waals surface area contributed by atoms with Crippen LogP contribution < -0.4 is 0 Å². The average Bonchev–Trinajstić information content (AvgIpc) is 2.80. The summed E-state index contributed by atoms with van der Waals surface area (Å²) >= 11 is 0. The zero-order valence-corrected chi connectivity index (χ0v) is 11.3. The summed E-state index contributed by atoms with van der Waals surface area (Å²) in [5.41, 5.74) is 1.94. The average molecular weight is 278 g/mol. The van der Waals surface area contributed by atoms with Crippen molar-refractivity contribution in [2.45, 2.75) is 44.4 Å². The van der Waals surface area contributed by atoms with E-state index in [0.29, 0.717) is 24.0 Å². The predicted molar refractivity (Wildman–Crippen MR) is 70.5 cm³/mol. The minimum absolute atomic E-state index is 0.271. The number of aliphatic hydroxyl groups is 2. The van der Waals surface area contributed by atoms with Crippen molar-refractivity contribution in [3.05, 3.63) is 35.5 Å². The standard InChI is InChI=1S/C15H18O5/c1-7-3-10-5-9(15(18)19-10)6-12-13(11(16)4-7)8(2)14(17)20-12/h4-5,10-14,16-17H,2-3,6H2,1H3/b7-4+/t10-,11-,12+,13+,14?/m1/s1. The molecule has 0 aromatic carbocycles. The quantitative estimate of drug-likeness (QED) is 0.507. The molecule has 0 saturated carbocycles. The summed E-state index contributed by atoms with van der Waals surface area (Å²) in [6, 6.07) is 0. The van der Waals surface area contributed by atoms with E-state index in [-0.39, 0.29) is 12.1 Å². The molecule has 1 aliphatic carbocycles. The molecule has 1 saturated heterocycles. The molecule has 5 nitrogen and oxygen atoms in total. The van der Waals surface area contributed by atoms with Gasteiger partial charge in [0, 0.05) is 24.3 Å². The first kappa shape index (κ1) is 13.5. The van der Waals surface area contributed by atoms with Crippen LogP contribution in [0.15, 0.2) is 35.5 Å². The monoisotopic (exact) mass is 278 g/mol. The van der Waals surface area contributed by atoms with Gasteiger partial charge in [0.2, 0.25) is 0 Å². The Morgan fingerprint density at radius 2 is 2.05 bits per heavy atom. The van der Waals surface area contributed by atoms with Crippen molar-refractivity contribution < 1.29 is 24.5 Å². The third kappa shape index (κ3) is 2.22. The number of hydrogen-bond donors (Lipinski definition) is 2. The normalized spacial score (nSPS) is 43.5. The van der Waals surface area contributed by atoms with Crippen LogP contribution in [0.4, 0.5) is 0 Å². The van der Waals surface area contributed by atoms with E-state index in [2.05, 4.69) is 6.58 Å². The molecule has 5 atom stereocenters. The van der Waals surface area contributed by atoms with Gasteiger partial charge in [-0.05, 0) is 18.6 Å². The van der Waals surface area contributed by atoms with E-state index in [9.17, 15) is 15.0 Å². The smallest absolute Gasteiger partial charge is 0.334 e. The molecule has 2 bridgehead atoms. The van der Waals surface area contributed by atoms with E-state index in [0.717, 1.165) is 5.57 Å². The largest absolute Gasteiger partial charge is 0.454 e. The van der Waals surface area contributed by atoms with Crippen LogP contribution in [-0.2, 0) is 14.3 Å². The number of carbonyl (C=O) groups is 1. The number of carbonyl (C=O) groups excluding carboxylic acids is 1. The Morgan fingerprint density at radius 3 is 2.80 bits per heavy atom. The maximum Gasteiger partial charge on any atom is 0.334 e. The lowest BCUT2D eigenvalue weighted by Crippen LogP contribution is -2.29. The van der Waals surface area contributed by atoms with Gasteiger partial charge in [0.05, 0.1) is 12.2 Å². The van der Waals surface area contributed by atoms with Gasteiger partial charge in [0.25, 0.3) is 0 Å². The molecule has 3 aliphatic rings. The Hall–Kier alpha value is -1.43. The lowest BCUT2D eigenvalue weighted by Gasteiger charge is -2.22. The van der Waals surface area contributed by atoms with Crippen LogP contribution in [0.2, 0.25) is 0 Å². The van der Waals surface area contributed by atoms with Gasteiger partial charge in [-0.25, -0.2) is 4.79 Å². The summed E-state index contributed by atoms with van der Waals surface area (Å²) in [6.45, 7) is 5.69. The molecule has 1 fully saturated rings. The van der Waals surface area contributed by atoms with Gasteiger partial charge in [-0.15, -0.1) is 0 Å². The topological polar surface area (TPSA) is 76.0 Å². The molecule has 2 heterocycles. The van der Waals surface area contributed by atoms with Crippen molar-refractivity contribution in [2.75, 3.05) is 0 Å². The molecule has 5 heteroatoms. The van der Waals surface area contributed by atoms with Crippen molar-refractivity contribution in [1.82, 2.24) is 0 Å². The predicted octanol–water partition coefficient (Wildman–Crippen LogP) is 0.829. The van der Waals surface area contributed by atoms with Crippen LogP contribution >= 0.6 is 0 Å². The Kier molecular flexibility index (Phi) is 3.28. The van der Waals surface area contributed by atoms with Crippen molar-refractivity contribution >= 4 is 5.97 Å². The molecular weight excluding hydrogens is 260 g/mol. The zero-order chi connectivity index (χ0) is 14.4. The molecule has 2 N–H and O–H groups in total. The maximum absolute atomic E-state index is 11.8. The van der Waals surface area contributed by atoms with E-state index in [1.807, 2.05) is 13.0 Å². The SMILES string of the molecule is C=C1C(O)O[C@H]2CC3=C[C@@H](C/C(C)=C/[C@@H](O)[C@H]12)OC3=O. The van der Waals surface area contributed by atoms with Crippen molar-refractivity contribution in [3.8, 4) is 0 Å². The highest BCUT2D eigenvalue weighted by atomic mass is 16.6. The highest BCUT2D eigenvalue weighted by Crippen LogP contribution is 2.38. The minimum atomic E-state index is -1.09. The van der Waals surface area contributed by atoms with Gasteiger partial charge in [-0.2, -0.15) is 0 Å². The number of hydrogen-bond acceptors (Lipinski definition) is 5. The van der Waals surface area contributed by atoms with Gasteiger partial charge in [0.15, 0.2) is 6.29 Å². The molecule has 3 rings (SSSR count). The molecular formula is C15H18O5. The molecule has 2 aliphatic heterocycles. The van der Waals surface area contributed by atoms with Crippen LogP contribution in [0.1, 0.15) is 19.8 Å². The summed E-state index contributed by atoms with van der Waals surface area (Å²) in [4.78, 5) is 11.8. The molecule has 0 aromatic heterocycles. The fourth-order valence-electron chi connectivity index (χ4n) is 3.14. The second kappa shape index (κ2) is 4.84. The summed E-state index contributed by atoms with van der Waals surface area (Å²) < 4.78 is 10.7. The van der Waals surface area contributed by atoms with E-state index in [1.165, 1.54) is 0 Å². The molecule has 108 valence electrons. The molecule has 0 amide bonds. The highest BCUT2D eigenvalue weighted by Gasteiger charge is 2.43.